The summed E-state index contributed by atoms with van der Waals surface area (Å²) in [5.41, 5.74) is 0. The Kier molecular flexibility index (Phi) is 6.71. The Hall–Kier alpha value is -2.03. The molecule has 6 heteroatoms. The van der Waals surface area contributed by atoms with Crippen molar-refractivity contribution in [3.63, 3.8) is 0 Å². The van der Waals surface area contributed by atoms with Crippen LogP contribution in [-0.2, 0) is 19.1 Å². The van der Waals surface area contributed by atoms with Crippen molar-refractivity contribution >= 4 is 23.5 Å². The van der Waals surface area contributed by atoms with Crippen LogP contribution in [0.25, 0.3) is 0 Å². The van der Waals surface area contributed by atoms with Gasteiger partial charge in [0.05, 0.1) is 0 Å². The van der Waals surface area contributed by atoms with Crippen molar-refractivity contribution < 1.29 is 19.1 Å². The summed E-state index contributed by atoms with van der Waals surface area (Å²) >= 11 is 5.22. The van der Waals surface area contributed by atoms with Gasteiger partial charge >= 0.3 is 5.97 Å². The van der Waals surface area contributed by atoms with E-state index in [1.54, 1.807) is 0 Å². The zero-order chi connectivity index (χ0) is 10.4. The molecule has 1 atom stereocenters. The molecule has 0 spiro atoms. The van der Waals surface area contributed by atoms with Gasteiger partial charge in [0.2, 0.25) is 0 Å². The van der Waals surface area contributed by atoms with Crippen LogP contribution < -0.4 is 0 Å². The second-order valence-corrected chi connectivity index (χ2v) is 2.69. The van der Waals surface area contributed by atoms with Crippen LogP contribution in [0.1, 0.15) is 6.92 Å². The summed E-state index contributed by atoms with van der Waals surface area (Å²) in [6.07, 6.45) is -0.725. The summed E-state index contributed by atoms with van der Waals surface area (Å²) in [6.45, 7) is 7.67. The van der Waals surface area contributed by atoms with Crippen molar-refractivity contribution in [2.24, 2.45) is 0 Å². The van der Waals surface area contributed by atoms with Gasteiger partial charge in [-0.3, -0.25) is 11.7 Å². The normalized spacial score (nSPS) is 10.8. The van der Waals surface area contributed by atoms with Crippen molar-refractivity contribution in [3.8, 4) is 0 Å². The van der Waals surface area contributed by atoms with E-state index in [9.17, 15) is 9.59 Å². The topological polar surface area (TPSA) is 52.6 Å². The molecule has 0 bridgehead atoms. The average Bonchev–Trinajstić information content (AvgIpc) is 1.98. The van der Waals surface area contributed by atoms with Crippen LogP contribution in [0.15, 0.2) is 11.6 Å². The van der Waals surface area contributed by atoms with E-state index in [0.717, 1.165) is 0 Å². The smallest absolute Gasteiger partial charge is 0.349 e. The van der Waals surface area contributed by atoms with Crippen LogP contribution in [0, 0.1) is 6.92 Å². The predicted molar refractivity (Wildman–Crippen MR) is 46.9 cm³/mol. The summed E-state index contributed by atoms with van der Waals surface area (Å²) in [5, 5.41) is -0.227. The van der Waals surface area contributed by atoms with E-state index in [-0.39, 0.29) is 11.6 Å². The number of ether oxygens (including phenoxy) is 2. The van der Waals surface area contributed by atoms with Crippen LogP contribution in [-0.4, -0.2) is 24.6 Å². The molecule has 0 aliphatic carbocycles. The summed E-state index contributed by atoms with van der Waals surface area (Å²) in [6, 6.07) is 0. The van der Waals surface area contributed by atoms with E-state index in [0.29, 0.717) is 0 Å². The number of halogens is 1. The molecule has 0 saturated carbocycles. The van der Waals surface area contributed by atoms with E-state index < -0.39 is 18.0 Å². The molecule has 0 rings (SSSR count). The van der Waals surface area contributed by atoms with E-state index in [1.807, 2.05) is 0 Å². The van der Waals surface area contributed by atoms with Gasteiger partial charge in [0.25, 0.3) is 5.97 Å². The molecule has 0 N–H and O–H groups in total. The monoisotopic (exact) mass is 472 g/mol. The van der Waals surface area contributed by atoms with Gasteiger partial charge in [-0.15, -0.1) is 0 Å². The number of esters is 2. The van der Waals surface area contributed by atoms with Gasteiger partial charge < -0.3 is 9.47 Å². The van der Waals surface area contributed by atoms with Crippen LogP contribution in [0.2, 0.25) is 0 Å². The summed E-state index contributed by atoms with van der Waals surface area (Å²) < 4.78 is 9.14. The Balaban J connectivity index is 0. The molecule has 14 heavy (non-hydrogen) atoms. The van der Waals surface area contributed by atoms with Gasteiger partial charge in [-0.1, -0.05) is 18.2 Å². The molecule has 1 unspecified atom stereocenters. The first kappa shape index (κ1) is 14.5. The summed E-state index contributed by atoms with van der Waals surface area (Å²) in [7, 11) is 0. The second-order valence-electron chi connectivity index (χ2n) is 2.23. The van der Waals surface area contributed by atoms with Gasteiger partial charge in [-0.25, -0.2) is 4.79 Å². The van der Waals surface area contributed by atoms with E-state index in [1.165, 1.54) is 6.92 Å². The standard InChI is InChI=1S/C8H10ClO4.Rf/c1-5(13-7(3)10)4-12-8(11)6(2)9;/h5H,1-2,4H2,3H3;/q-1;. The van der Waals surface area contributed by atoms with Crippen molar-refractivity contribution in [1.29, 1.82) is 0 Å². The molecule has 0 saturated heterocycles. The first-order valence-corrected chi connectivity index (χ1v) is 3.83. The molecule has 0 aromatic carbocycles. The van der Waals surface area contributed by atoms with E-state index in [4.69, 9.17) is 11.6 Å². The molecule has 4 nitrogen and oxygen atoms in total. The van der Waals surface area contributed by atoms with E-state index in [2.05, 4.69) is 23.0 Å². The van der Waals surface area contributed by atoms with Crippen molar-refractivity contribution in [1.82, 2.24) is 0 Å². The Labute approximate surface area is 81.5 Å². The molecule has 0 fully saturated rings. The molecule has 0 aromatic rings. The molecule has 76 valence electrons. The maximum absolute atomic E-state index is 10.7. The van der Waals surface area contributed by atoms with Gasteiger partial charge in [0.1, 0.15) is 11.6 Å². The number of rotatable bonds is 4. The summed E-state index contributed by atoms with van der Waals surface area (Å²) in [5.74, 6) is -1.23. The Bertz CT molecular complexity index is 229. The molecule has 0 heterocycles. The van der Waals surface area contributed by atoms with Crippen LogP contribution in [0.5, 0.6) is 0 Å². The van der Waals surface area contributed by atoms with Gasteiger partial charge in [0.15, 0.2) is 0 Å². The summed E-state index contributed by atoms with van der Waals surface area (Å²) in [4.78, 5) is 21.1. The van der Waals surface area contributed by atoms with Crippen molar-refractivity contribution in [2.75, 3.05) is 6.61 Å². The van der Waals surface area contributed by atoms with Crippen molar-refractivity contribution in [2.45, 2.75) is 13.0 Å². The number of carbonyl (C=O) groups is 2. The molecule has 0 aromatic heterocycles. The number of carbonyl (C=O) groups excluding carboxylic acids is 2. The fraction of sp³-hybridized carbons (Fsp3) is 0.375. The second kappa shape index (κ2) is 6.48. The fourth-order valence-corrected chi connectivity index (χ4v) is 0.570. The third-order valence-electron chi connectivity index (χ3n) is 0.954. The Morgan fingerprint density at radius 2 is 2.07 bits per heavy atom. The zero-order valence-corrected chi connectivity index (χ0v) is 15.1. The average molecular weight is 473 g/mol. The minimum atomic E-state index is -0.748. The Morgan fingerprint density at radius 3 is 2.43 bits per heavy atom. The third kappa shape index (κ3) is 6.67. The quantitative estimate of drug-likeness (QED) is 0.349. The van der Waals surface area contributed by atoms with Gasteiger partial charge in [-0.05, 0) is 0 Å². The molecule has 0 amide bonds. The zero-order valence-electron chi connectivity index (χ0n) is 7.92. The van der Waals surface area contributed by atoms with E-state index >= 15 is 0 Å². The maximum atomic E-state index is 10.7. The molecular weight excluding hydrogens is 463 g/mol. The van der Waals surface area contributed by atoms with Gasteiger partial charge in [0, 0.05) is 13.0 Å². The fourth-order valence-electron chi connectivity index (χ4n) is 0.516. The Morgan fingerprint density at radius 1 is 1.57 bits per heavy atom. The minimum absolute atomic E-state index is 0. The van der Waals surface area contributed by atoms with Crippen LogP contribution in [0.3, 0.4) is 0 Å². The molecule has 0 radical (unpaired) electrons. The number of hydrogen-bond acceptors (Lipinski definition) is 4. The molecule has 0 aliphatic rings. The minimum Gasteiger partial charge on any atom is -0.492 e. The molecule has 0 aliphatic heterocycles. The van der Waals surface area contributed by atoms with Crippen molar-refractivity contribution in [3.05, 3.63) is 18.5 Å². The predicted octanol–water partition coefficient (Wildman–Crippen LogP) is 1.05. The van der Waals surface area contributed by atoms with Gasteiger partial charge in [-0.2, -0.15) is 0 Å². The maximum Gasteiger partial charge on any atom is 0.349 e. The third-order valence-corrected chi connectivity index (χ3v) is 1.11. The SMILES string of the molecule is C=C(Cl)C(=O)OCC([CH2-])OC(C)=O.[Rf]. The first-order valence-electron chi connectivity index (χ1n) is 3.45. The first-order chi connectivity index (χ1) is 5.93. The largest absolute Gasteiger partial charge is 0.492 e. The molecular formula is C8H10ClO4Rf-. The van der Waals surface area contributed by atoms with Crippen LogP contribution in [0.4, 0.5) is 0 Å². The number of hydrogen-bond donors (Lipinski definition) is 0. The van der Waals surface area contributed by atoms with Crippen LogP contribution >= 0.6 is 11.6 Å².